The molecule has 0 unspecified atom stereocenters. The van der Waals surface area contributed by atoms with Crippen LogP contribution < -0.4 is 10.1 Å². The Bertz CT molecular complexity index is 536. The Morgan fingerprint density at radius 3 is 3.10 bits per heavy atom. The summed E-state index contributed by atoms with van der Waals surface area (Å²) in [4.78, 5) is 2.69. The molecule has 2 atom stereocenters. The van der Waals surface area contributed by atoms with Crippen LogP contribution in [0.1, 0.15) is 37.8 Å². The number of nitrogens with zero attached hydrogens (tertiary/aromatic N) is 1. The van der Waals surface area contributed by atoms with Gasteiger partial charge in [-0.25, -0.2) is 0 Å². The Balaban J connectivity index is 1.51. The normalized spacial score (nSPS) is 30.8. The molecule has 3 fully saturated rings. The largest absolute Gasteiger partial charge is 0.487 e. The van der Waals surface area contributed by atoms with Gasteiger partial charge < -0.3 is 10.1 Å². The minimum absolute atomic E-state index is 0.0352. The smallest absolute Gasteiger partial charge is 0.123 e. The van der Waals surface area contributed by atoms with Crippen molar-refractivity contribution in [1.82, 2.24) is 10.2 Å². The van der Waals surface area contributed by atoms with E-state index >= 15 is 0 Å². The summed E-state index contributed by atoms with van der Waals surface area (Å²) >= 11 is 0. The van der Waals surface area contributed by atoms with E-state index < -0.39 is 0 Å². The fraction of sp³-hybridized carbons (Fsp3) is 0.667. The molecule has 4 aliphatic heterocycles. The molecule has 114 valence electrons. The van der Waals surface area contributed by atoms with Gasteiger partial charge in [0, 0.05) is 32.1 Å². The van der Waals surface area contributed by atoms with Crippen LogP contribution in [0, 0.1) is 5.92 Å². The van der Waals surface area contributed by atoms with E-state index in [1.54, 1.807) is 0 Å². The quantitative estimate of drug-likeness (QED) is 0.904. The standard InChI is InChI=1S/C18H26N2O/c1-18(2)8-15-7-13(4-6-17(15)21-18)11-20-12-14-3-5-16(20)10-19-9-14/h4,6-7,14,16,19H,3,5,8-12H2,1-2H3/t14-,16+/m0/s1. The van der Waals surface area contributed by atoms with Crippen LogP contribution in [0.15, 0.2) is 18.2 Å². The molecular weight excluding hydrogens is 260 g/mol. The minimum atomic E-state index is -0.0352. The molecule has 0 amide bonds. The SMILES string of the molecule is CC1(C)Cc2cc(CN3C[C@H]4CC[C@@H]3CNC4)ccc2O1. The summed E-state index contributed by atoms with van der Waals surface area (Å²) in [5.41, 5.74) is 2.80. The van der Waals surface area contributed by atoms with Gasteiger partial charge in [0.05, 0.1) is 0 Å². The first-order valence-electron chi connectivity index (χ1n) is 8.35. The maximum atomic E-state index is 5.98. The van der Waals surface area contributed by atoms with Crippen molar-refractivity contribution in [3.8, 4) is 5.75 Å². The van der Waals surface area contributed by atoms with Gasteiger partial charge in [-0.05, 0) is 56.3 Å². The second-order valence-corrected chi connectivity index (χ2v) is 7.67. The van der Waals surface area contributed by atoms with Crippen LogP contribution in [0.5, 0.6) is 5.75 Å². The Kier molecular flexibility index (Phi) is 3.23. The highest BCUT2D eigenvalue weighted by Gasteiger charge is 2.32. The summed E-state index contributed by atoms with van der Waals surface area (Å²) in [6, 6.07) is 7.53. The number of fused-ring (bicyclic) bond motifs is 5. The molecule has 4 heterocycles. The van der Waals surface area contributed by atoms with Crippen LogP contribution in [0.4, 0.5) is 0 Å². The third-order valence-corrected chi connectivity index (χ3v) is 5.24. The van der Waals surface area contributed by atoms with Crippen molar-refractivity contribution in [2.75, 3.05) is 19.6 Å². The van der Waals surface area contributed by atoms with Gasteiger partial charge in [-0.1, -0.05) is 12.1 Å². The van der Waals surface area contributed by atoms with E-state index in [0.29, 0.717) is 0 Å². The molecule has 0 radical (unpaired) electrons. The summed E-state index contributed by atoms with van der Waals surface area (Å²) in [7, 11) is 0. The van der Waals surface area contributed by atoms with E-state index in [-0.39, 0.29) is 5.60 Å². The average molecular weight is 286 g/mol. The second-order valence-electron chi connectivity index (χ2n) is 7.67. The molecule has 1 aromatic carbocycles. The number of piperidine rings is 1. The zero-order valence-corrected chi connectivity index (χ0v) is 13.2. The lowest BCUT2D eigenvalue weighted by Gasteiger charge is -2.36. The van der Waals surface area contributed by atoms with Crippen molar-refractivity contribution in [2.24, 2.45) is 5.92 Å². The number of benzene rings is 1. The van der Waals surface area contributed by atoms with Gasteiger partial charge in [0.2, 0.25) is 0 Å². The third kappa shape index (κ3) is 2.69. The van der Waals surface area contributed by atoms with Gasteiger partial charge in [-0.15, -0.1) is 0 Å². The van der Waals surface area contributed by atoms with Gasteiger partial charge in [-0.2, -0.15) is 0 Å². The van der Waals surface area contributed by atoms with Crippen molar-refractivity contribution in [1.29, 1.82) is 0 Å². The zero-order valence-electron chi connectivity index (χ0n) is 13.2. The molecule has 3 saturated heterocycles. The van der Waals surface area contributed by atoms with Gasteiger partial charge in [0.25, 0.3) is 0 Å². The van der Waals surface area contributed by atoms with E-state index in [9.17, 15) is 0 Å². The summed E-state index contributed by atoms with van der Waals surface area (Å²) < 4.78 is 5.98. The molecule has 0 saturated carbocycles. The number of rotatable bonds is 2. The molecule has 5 rings (SSSR count). The van der Waals surface area contributed by atoms with E-state index in [1.165, 1.54) is 37.1 Å². The third-order valence-electron chi connectivity index (χ3n) is 5.24. The molecule has 0 aliphatic carbocycles. The number of hydrogen-bond donors (Lipinski definition) is 1. The molecule has 1 aromatic rings. The fourth-order valence-corrected chi connectivity index (χ4v) is 4.22. The molecule has 0 aromatic heterocycles. The Morgan fingerprint density at radius 1 is 1.29 bits per heavy atom. The number of nitrogens with one attached hydrogen (secondary N) is 1. The lowest BCUT2D eigenvalue weighted by atomic mass is 9.94. The molecule has 3 nitrogen and oxygen atoms in total. The average Bonchev–Trinajstić information content (AvgIpc) is 2.61. The number of hydrogen-bond acceptors (Lipinski definition) is 3. The van der Waals surface area contributed by atoms with Gasteiger partial charge in [-0.3, -0.25) is 4.90 Å². The van der Waals surface area contributed by atoms with Crippen molar-refractivity contribution in [3.63, 3.8) is 0 Å². The van der Waals surface area contributed by atoms with E-state index in [2.05, 4.69) is 42.3 Å². The van der Waals surface area contributed by atoms with Crippen LogP contribution in [0.3, 0.4) is 0 Å². The molecule has 3 heteroatoms. The first kappa shape index (κ1) is 13.6. The summed E-state index contributed by atoms with van der Waals surface area (Å²) in [5.74, 6) is 1.93. The highest BCUT2D eigenvalue weighted by atomic mass is 16.5. The minimum Gasteiger partial charge on any atom is -0.487 e. The molecule has 4 aliphatic rings. The van der Waals surface area contributed by atoms with Gasteiger partial charge in [0.15, 0.2) is 0 Å². The first-order valence-corrected chi connectivity index (χ1v) is 8.35. The van der Waals surface area contributed by atoms with Crippen molar-refractivity contribution in [3.05, 3.63) is 29.3 Å². The van der Waals surface area contributed by atoms with Crippen LogP contribution in [0.25, 0.3) is 0 Å². The molecule has 1 N–H and O–H groups in total. The Hall–Kier alpha value is -1.06. The molecule has 2 bridgehead atoms. The predicted octanol–water partition coefficient (Wildman–Crippen LogP) is 2.58. The molecular formula is C18H26N2O. The maximum absolute atomic E-state index is 5.98. The second kappa shape index (κ2) is 4.99. The van der Waals surface area contributed by atoms with E-state index in [4.69, 9.17) is 4.74 Å². The van der Waals surface area contributed by atoms with Crippen LogP contribution >= 0.6 is 0 Å². The molecule has 21 heavy (non-hydrogen) atoms. The van der Waals surface area contributed by atoms with Crippen LogP contribution in [-0.4, -0.2) is 36.2 Å². The first-order chi connectivity index (χ1) is 10.1. The highest BCUT2D eigenvalue weighted by molar-refractivity contribution is 5.41. The van der Waals surface area contributed by atoms with Crippen molar-refractivity contribution < 1.29 is 4.74 Å². The van der Waals surface area contributed by atoms with E-state index in [0.717, 1.165) is 37.2 Å². The summed E-state index contributed by atoms with van der Waals surface area (Å²) in [5, 5.41) is 3.62. The van der Waals surface area contributed by atoms with Gasteiger partial charge >= 0.3 is 0 Å². The molecule has 0 spiro atoms. The lowest BCUT2D eigenvalue weighted by molar-refractivity contribution is 0.126. The van der Waals surface area contributed by atoms with Crippen LogP contribution in [-0.2, 0) is 13.0 Å². The predicted molar refractivity (Wildman–Crippen MR) is 84.6 cm³/mol. The fourth-order valence-electron chi connectivity index (χ4n) is 4.22. The van der Waals surface area contributed by atoms with Crippen molar-refractivity contribution >= 4 is 0 Å². The number of ether oxygens (including phenoxy) is 1. The Morgan fingerprint density at radius 2 is 2.19 bits per heavy atom. The lowest BCUT2D eigenvalue weighted by Crippen LogP contribution is -2.42. The topological polar surface area (TPSA) is 24.5 Å². The zero-order chi connectivity index (χ0) is 14.4. The van der Waals surface area contributed by atoms with Crippen molar-refractivity contribution in [2.45, 2.75) is 51.3 Å². The summed E-state index contributed by atoms with van der Waals surface area (Å²) in [6.45, 7) is 9.07. The highest BCUT2D eigenvalue weighted by Crippen LogP contribution is 2.36. The maximum Gasteiger partial charge on any atom is 0.123 e. The van der Waals surface area contributed by atoms with E-state index in [1.807, 2.05) is 0 Å². The monoisotopic (exact) mass is 286 g/mol. The Labute approximate surface area is 127 Å². The van der Waals surface area contributed by atoms with Crippen LogP contribution in [0.2, 0.25) is 0 Å². The van der Waals surface area contributed by atoms with Gasteiger partial charge in [0.1, 0.15) is 11.4 Å². The summed E-state index contributed by atoms with van der Waals surface area (Å²) in [6.07, 6.45) is 3.79.